The summed E-state index contributed by atoms with van der Waals surface area (Å²) in [6.07, 6.45) is 1.40. The fourth-order valence-electron chi connectivity index (χ4n) is 3.08. The normalized spacial score (nSPS) is 11.3. The van der Waals surface area contributed by atoms with Gasteiger partial charge in [-0.05, 0) is 42.0 Å². The van der Waals surface area contributed by atoms with Gasteiger partial charge in [0.2, 0.25) is 0 Å². The highest BCUT2D eigenvalue weighted by atomic mass is 79.9. The van der Waals surface area contributed by atoms with Crippen molar-refractivity contribution < 1.29 is 9.90 Å². The zero-order chi connectivity index (χ0) is 22.5. The molecular weight excluding hydrogens is 512 g/mol. The highest BCUT2D eigenvalue weighted by molar-refractivity contribution is 9.10. The number of halogens is 2. The number of phenols is 1. The largest absolute Gasteiger partial charge is 0.507 e. The number of rotatable bonds is 7. The maximum atomic E-state index is 12.3. The van der Waals surface area contributed by atoms with Gasteiger partial charge in [-0.3, -0.25) is 4.79 Å². The molecule has 0 spiro atoms. The molecule has 0 fully saturated rings. The van der Waals surface area contributed by atoms with E-state index in [9.17, 15) is 9.90 Å². The van der Waals surface area contributed by atoms with E-state index >= 15 is 0 Å². The molecule has 4 rings (SSSR count). The lowest BCUT2D eigenvalue weighted by Gasteiger charge is -2.10. The van der Waals surface area contributed by atoms with E-state index in [1.54, 1.807) is 18.2 Å². The van der Waals surface area contributed by atoms with Crippen LogP contribution in [0.5, 0.6) is 5.75 Å². The lowest BCUT2D eigenvalue weighted by molar-refractivity contribution is -0.118. The third-order valence-corrected chi connectivity index (χ3v) is 6.46. The van der Waals surface area contributed by atoms with E-state index in [1.807, 2.05) is 48.5 Å². The van der Waals surface area contributed by atoms with Gasteiger partial charge in [-0.25, -0.2) is 10.4 Å². The van der Waals surface area contributed by atoms with E-state index in [0.29, 0.717) is 17.1 Å². The summed E-state index contributed by atoms with van der Waals surface area (Å²) in [4.78, 5) is 17.0. The molecule has 1 aromatic heterocycles. The number of hydrogen-bond acceptors (Lipinski definition) is 5. The summed E-state index contributed by atoms with van der Waals surface area (Å²) in [6.45, 7) is 0.546. The Morgan fingerprint density at radius 2 is 1.97 bits per heavy atom. The van der Waals surface area contributed by atoms with Crippen LogP contribution in [0.15, 0.2) is 81.5 Å². The number of carbonyl (C=O) groups is 1. The molecule has 32 heavy (non-hydrogen) atoms. The van der Waals surface area contributed by atoms with Crippen molar-refractivity contribution in [2.75, 3.05) is 5.75 Å². The Hall–Kier alpha value is -2.81. The summed E-state index contributed by atoms with van der Waals surface area (Å²) in [5.41, 5.74) is 5.78. The number of thioether (sulfide) groups is 1. The molecule has 0 aliphatic rings. The van der Waals surface area contributed by atoms with Crippen LogP contribution < -0.4 is 5.43 Å². The van der Waals surface area contributed by atoms with Gasteiger partial charge in [0.1, 0.15) is 5.75 Å². The van der Waals surface area contributed by atoms with Crippen molar-refractivity contribution in [3.8, 4) is 5.75 Å². The van der Waals surface area contributed by atoms with E-state index in [0.717, 1.165) is 26.2 Å². The average Bonchev–Trinajstić information content (AvgIpc) is 3.13. The number of fused-ring (bicyclic) bond motifs is 1. The van der Waals surface area contributed by atoms with Crippen LogP contribution >= 0.6 is 39.3 Å². The molecule has 0 saturated heterocycles. The number of benzene rings is 3. The van der Waals surface area contributed by atoms with E-state index in [2.05, 4.69) is 36.0 Å². The second-order valence-corrected chi connectivity index (χ2v) is 9.11. The number of aromatic nitrogens is 2. The van der Waals surface area contributed by atoms with Crippen molar-refractivity contribution in [3.05, 3.63) is 87.4 Å². The minimum absolute atomic E-state index is 0.0777. The van der Waals surface area contributed by atoms with Crippen molar-refractivity contribution in [1.82, 2.24) is 15.0 Å². The van der Waals surface area contributed by atoms with Gasteiger partial charge in [-0.2, -0.15) is 5.10 Å². The van der Waals surface area contributed by atoms with Crippen molar-refractivity contribution in [2.24, 2.45) is 5.10 Å². The molecule has 162 valence electrons. The first kappa shape index (κ1) is 22.4. The Morgan fingerprint density at radius 3 is 2.81 bits per heavy atom. The SMILES string of the molecule is O=C(CSc1nc2ccccc2n1Cc1ccccc1Cl)N/N=C\c1cc(Br)ccc1O. The smallest absolute Gasteiger partial charge is 0.250 e. The number of nitrogens with zero attached hydrogens (tertiary/aromatic N) is 3. The predicted octanol–water partition coefficient (Wildman–Crippen LogP) is 5.45. The zero-order valence-electron chi connectivity index (χ0n) is 16.7. The lowest BCUT2D eigenvalue weighted by atomic mass is 10.2. The Labute approximate surface area is 202 Å². The maximum Gasteiger partial charge on any atom is 0.250 e. The third kappa shape index (κ3) is 5.32. The number of nitrogens with one attached hydrogen (secondary N) is 1. The number of hydrazone groups is 1. The summed E-state index contributed by atoms with van der Waals surface area (Å²) < 4.78 is 2.85. The van der Waals surface area contributed by atoms with Crippen LogP contribution in [0.3, 0.4) is 0 Å². The molecule has 2 N–H and O–H groups in total. The third-order valence-electron chi connectivity index (χ3n) is 4.62. The molecule has 1 heterocycles. The number of para-hydroxylation sites is 2. The van der Waals surface area contributed by atoms with Crippen LogP contribution in [-0.4, -0.2) is 32.5 Å². The Bertz CT molecular complexity index is 1310. The summed E-state index contributed by atoms with van der Waals surface area (Å²) in [7, 11) is 0. The number of phenolic OH excluding ortho intramolecular Hbond substituents is 1. The number of aromatic hydroxyl groups is 1. The Balaban J connectivity index is 1.47. The highest BCUT2D eigenvalue weighted by Crippen LogP contribution is 2.27. The molecule has 0 bridgehead atoms. The van der Waals surface area contributed by atoms with Crippen molar-refractivity contribution in [1.29, 1.82) is 0 Å². The van der Waals surface area contributed by atoms with Crippen LogP contribution in [0.1, 0.15) is 11.1 Å². The molecule has 9 heteroatoms. The summed E-state index contributed by atoms with van der Waals surface area (Å²) >= 11 is 11.0. The van der Waals surface area contributed by atoms with Crippen LogP contribution in [-0.2, 0) is 11.3 Å². The average molecular weight is 530 g/mol. The van der Waals surface area contributed by atoms with Gasteiger partial charge < -0.3 is 9.67 Å². The van der Waals surface area contributed by atoms with Crippen molar-refractivity contribution in [3.63, 3.8) is 0 Å². The molecule has 0 radical (unpaired) electrons. The first-order valence-corrected chi connectivity index (χ1v) is 11.8. The van der Waals surface area contributed by atoms with E-state index in [1.165, 1.54) is 18.0 Å². The number of hydrogen-bond donors (Lipinski definition) is 2. The van der Waals surface area contributed by atoms with Gasteiger partial charge in [0, 0.05) is 15.1 Å². The number of carbonyl (C=O) groups excluding carboxylic acids is 1. The molecular formula is C23H18BrClN4O2S. The predicted molar refractivity (Wildman–Crippen MR) is 133 cm³/mol. The Kier molecular flexibility index (Phi) is 7.14. The first-order valence-electron chi connectivity index (χ1n) is 9.63. The van der Waals surface area contributed by atoms with Gasteiger partial charge in [0.15, 0.2) is 5.16 Å². The quantitative estimate of drug-likeness (QED) is 0.190. The van der Waals surface area contributed by atoms with Crippen LogP contribution in [0, 0.1) is 0 Å². The first-order chi connectivity index (χ1) is 15.5. The fraction of sp³-hybridized carbons (Fsp3) is 0.0870. The molecule has 0 atom stereocenters. The summed E-state index contributed by atoms with van der Waals surface area (Å²) in [5, 5.41) is 15.2. The fourth-order valence-corrected chi connectivity index (χ4v) is 4.46. The molecule has 0 unspecified atom stereocenters. The van der Waals surface area contributed by atoms with Crippen molar-refractivity contribution >= 4 is 62.4 Å². The molecule has 1 amide bonds. The van der Waals surface area contributed by atoms with E-state index in [4.69, 9.17) is 11.6 Å². The highest BCUT2D eigenvalue weighted by Gasteiger charge is 2.14. The van der Waals surface area contributed by atoms with Crippen LogP contribution in [0.4, 0.5) is 0 Å². The molecule has 4 aromatic rings. The van der Waals surface area contributed by atoms with Gasteiger partial charge in [-0.15, -0.1) is 0 Å². The maximum absolute atomic E-state index is 12.3. The van der Waals surface area contributed by atoms with Gasteiger partial charge in [0.05, 0.1) is 29.5 Å². The van der Waals surface area contributed by atoms with E-state index in [-0.39, 0.29) is 17.4 Å². The minimum Gasteiger partial charge on any atom is -0.507 e. The molecule has 3 aromatic carbocycles. The second kappa shape index (κ2) is 10.2. The zero-order valence-corrected chi connectivity index (χ0v) is 19.9. The van der Waals surface area contributed by atoms with Crippen molar-refractivity contribution in [2.45, 2.75) is 11.7 Å². The molecule has 0 aliphatic heterocycles. The second-order valence-electron chi connectivity index (χ2n) is 6.85. The number of imidazole rings is 1. The van der Waals surface area contributed by atoms with Gasteiger partial charge in [0.25, 0.3) is 5.91 Å². The van der Waals surface area contributed by atoms with Crippen LogP contribution in [0.2, 0.25) is 5.02 Å². The standard InChI is InChI=1S/C23H18BrClN4O2S/c24-17-9-10-21(30)16(11-17)12-26-28-22(31)14-32-23-27-19-7-3-4-8-20(19)29(23)13-15-5-1-2-6-18(15)25/h1-12,30H,13-14H2,(H,28,31)/b26-12-. The van der Waals surface area contributed by atoms with Gasteiger partial charge >= 0.3 is 0 Å². The molecule has 6 nitrogen and oxygen atoms in total. The number of amides is 1. The molecule has 0 aliphatic carbocycles. The summed E-state index contributed by atoms with van der Waals surface area (Å²) in [6, 6.07) is 20.5. The lowest BCUT2D eigenvalue weighted by Crippen LogP contribution is -2.20. The molecule has 0 saturated carbocycles. The topological polar surface area (TPSA) is 79.5 Å². The summed E-state index contributed by atoms with van der Waals surface area (Å²) in [5.74, 6) is -0.0702. The Morgan fingerprint density at radius 1 is 1.19 bits per heavy atom. The minimum atomic E-state index is -0.280. The monoisotopic (exact) mass is 528 g/mol. The van der Waals surface area contributed by atoms with Crippen LogP contribution in [0.25, 0.3) is 11.0 Å². The van der Waals surface area contributed by atoms with Gasteiger partial charge in [-0.1, -0.05) is 69.6 Å². The van der Waals surface area contributed by atoms with E-state index < -0.39 is 0 Å².